The lowest BCUT2D eigenvalue weighted by molar-refractivity contribution is 0.0652. The molecule has 0 bridgehead atoms. The number of benzene rings is 3. The highest BCUT2D eigenvalue weighted by atomic mass is 35.5. The van der Waals surface area contributed by atoms with E-state index >= 15 is 0 Å². The van der Waals surface area contributed by atoms with Crippen LogP contribution >= 0.6 is 23.2 Å². The molecule has 4 aromatic rings. The summed E-state index contributed by atoms with van der Waals surface area (Å²) in [5, 5.41) is 1.81. The molecule has 0 N–H and O–H groups in total. The molecule has 2 heterocycles. The fraction of sp³-hybridized carbons (Fsp3) is 0.172. The van der Waals surface area contributed by atoms with Crippen LogP contribution in [-0.4, -0.2) is 53.4 Å². The van der Waals surface area contributed by atoms with Gasteiger partial charge < -0.3 is 4.90 Å². The molecule has 6 heteroatoms. The molecule has 0 radical (unpaired) electrons. The van der Waals surface area contributed by atoms with Crippen molar-refractivity contribution in [2.24, 2.45) is 0 Å². The van der Waals surface area contributed by atoms with Crippen molar-refractivity contribution in [2.75, 3.05) is 32.7 Å². The van der Waals surface area contributed by atoms with Gasteiger partial charge in [0.15, 0.2) is 0 Å². The number of piperazine rings is 1. The highest BCUT2D eigenvalue weighted by Crippen LogP contribution is 2.30. The molecule has 5 rings (SSSR count). The Morgan fingerprint density at radius 1 is 0.857 bits per heavy atom. The molecule has 1 aliphatic heterocycles. The summed E-state index contributed by atoms with van der Waals surface area (Å²) in [6.45, 7) is 3.94. The third-order valence-electron chi connectivity index (χ3n) is 6.29. The lowest BCUT2D eigenvalue weighted by Crippen LogP contribution is -2.48. The number of fused-ring (bicyclic) bond motifs is 1. The molecule has 1 amide bonds. The van der Waals surface area contributed by atoms with Crippen LogP contribution in [-0.2, 0) is 0 Å². The van der Waals surface area contributed by atoms with Gasteiger partial charge in [-0.3, -0.25) is 9.69 Å². The second-order valence-electron chi connectivity index (χ2n) is 8.61. The number of aromatic nitrogens is 1. The standard InChI is InChI=1S/C29H25Cl2N3O/c30-25-13-12-22(19-26(25)31)28-20-24(23-10-4-5-11-27(23)32-28)29(35)34-17-15-33(16-18-34)14-6-9-21-7-2-1-3-8-21/h1-13,19-20H,14-18H2/b9-6-. The van der Waals surface area contributed by atoms with Crippen molar-refractivity contribution >= 4 is 46.1 Å². The third-order valence-corrected chi connectivity index (χ3v) is 7.03. The van der Waals surface area contributed by atoms with Crippen LogP contribution in [0.1, 0.15) is 15.9 Å². The SMILES string of the molecule is O=C(c1cc(-c2ccc(Cl)c(Cl)c2)nc2ccccc12)N1CCN(C/C=C\c2ccccc2)CC1. The maximum Gasteiger partial charge on any atom is 0.254 e. The Labute approximate surface area is 215 Å². The van der Waals surface area contributed by atoms with Crippen LogP contribution in [0, 0.1) is 0 Å². The van der Waals surface area contributed by atoms with Crippen LogP contribution in [0.2, 0.25) is 10.0 Å². The minimum absolute atomic E-state index is 0.0318. The van der Waals surface area contributed by atoms with E-state index in [0.717, 1.165) is 36.1 Å². The number of hydrogen-bond acceptors (Lipinski definition) is 3. The van der Waals surface area contributed by atoms with Crippen LogP contribution in [0.4, 0.5) is 0 Å². The van der Waals surface area contributed by atoms with Gasteiger partial charge >= 0.3 is 0 Å². The number of carbonyl (C=O) groups is 1. The van der Waals surface area contributed by atoms with Gasteiger partial charge in [0.05, 0.1) is 26.8 Å². The van der Waals surface area contributed by atoms with Crippen molar-refractivity contribution in [3.05, 3.63) is 106 Å². The van der Waals surface area contributed by atoms with Crippen molar-refractivity contribution in [1.82, 2.24) is 14.8 Å². The molecule has 1 saturated heterocycles. The zero-order valence-electron chi connectivity index (χ0n) is 19.2. The van der Waals surface area contributed by atoms with Crippen molar-refractivity contribution in [2.45, 2.75) is 0 Å². The average Bonchev–Trinajstić information content (AvgIpc) is 2.90. The van der Waals surface area contributed by atoms with E-state index in [1.807, 2.05) is 59.5 Å². The number of carbonyl (C=O) groups excluding carboxylic acids is 1. The Morgan fingerprint density at radius 2 is 1.60 bits per heavy atom. The number of hydrogen-bond donors (Lipinski definition) is 0. The molecular weight excluding hydrogens is 477 g/mol. The Balaban J connectivity index is 1.33. The Bertz CT molecular complexity index is 1380. The molecule has 0 aliphatic carbocycles. The quantitative estimate of drug-likeness (QED) is 0.306. The lowest BCUT2D eigenvalue weighted by atomic mass is 10.0. The van der Waals surface area contributed by atoms with E-state index in [-0.39, 0.29) is 5.91 Å². The van der Waals surface area contributed by atoms with E-state index in [2.05, 4.69) is 29.2 Å². The number of halogens is 2. The highest BCUT2D eigenvalue weighted by molar-refractivity contribution is 6.42. The third kappa shape index (κ3) is 5.40. The molecule has 3 aromatic carbocycles. The molecule has 176 valence electrons. The summed E-state index contributed by atoms with van der Waals surface area (Å²) in [7, 11) is 0. The predicted molar refractivity (Wildman–Crippen MR) is 145 cm³/mol. The highest BCUT2D eigenvalue weighted by Gasteiger charge is 2.24. The fourth-order valence-electron chi connectivity index (χ4n) is 4.36. The summed E-state index contributed by atoms with van der Waals surface area (Å²) in [6, 6.07) is 25.4. The van der Waals surface area contributed by atoms with E-state index in [0.29, 0.717) is 34.4 Å². The zero-order valence-corrected chi connectivity index (χ0v) is 20.7. The molecule has 1 aromatic heterocycles. The first-order valence-corrected chi connectivity index (χ1v) is 12.4. The van der Waals surface area contributed by atoms with Gasteiger partial charge in [-0.1, -0.05) is 90.0 Å². The van der Waals surface area contributed by atoms with E-state index in [9.17, 15) is 4.79 Å². The zero-order chi connectivity index (χ0) is 24.2. The normalized spacial score (nSPS) is 14.6. The maximum absolute atomic E-state index is 13.6. The number of pyridine rings is 1. The lowest BCUT2D eigenvalue weighted by Gasteiger charge is -2.34. The van der Waals surface area contributed by atoms with Crippen molar-refractivity contribution in [1.29, 1.82) is 0 Å². The second kappa shape index (κ2) is 10.6. The van der Waals surface area contributed by atoms with Crippen LogP contribution in [0.15, 0.2) is 84.9 Å². The molecule has 0 saturated carbocycles. The molecule has 0 spiro atoms. The van der Waals surface area contributed by atoms with Crippen LogP contribution in [0.25, 0.3) is 28.2 Å². The van der Waals surface area contributed by atoms with Crippen LogP contribution < -0.4 is 0 Å². The summed E-state index contributed by atoms with van der Waals surface area (Å²) in [6.07, 6.45) is 4.33. The summed E-state index contributed by atoms with van der Waals surface area (Å²) in [4.78, 5) is 22.7. The first kappa shape index (κ1) is 23.6. The van der Waals surface area contributed by atoms with Gasteiger partial charge in [0.2, 0.25) is 0 Å². The summed E-state index contributed by atoms with van der Waals surface area (Å²) in [5.41, 5.74) is 4.17. The van der Waals surface area contributed by atoms with Crippen molar-refractivity contribution in [3.63, 3.8) is 0 Å². The fourth-order valence-corrected chi connectivity index (χ4v) is 4.66. The first-order valence-electron chi connectivity index (χ1n) is 11.7. The monoisotopic (exact) mass is 501 g/mol. The van der Waals surface area contributed by atoms with E-state index < -0.39 is 0 Å². The summed E-state index contributed by atoms with van der Waals surface area (Å²) in [5.74, 6) is 0.0318. The molecule has 1 fully saturated rings. The number of amides is 1. The van der Waals surface area contributed by atoms with Gasteiger partial charge in [-0.15, -0.1) is 0 Å². The van der Waals surface area contributed by atoms with Gasteiger partial charge in [0.1, 0.15) is 0 Å². The minimum atomic E-state index is 0.0318. The van der Waals surface area contributed by atoms with Gasteiger partial charge in [-0.2, -0.15) is 0 Å². The van der Waals surface area contributed by atoms with E-state index in [4.69, 9.17) is 28.2 Å². The summed E-state index contributed by atoms with van der Waals surface area (Å²) < 4.78 is 0. The molecule has 35 heavy (non-hydrogen) atoms. The number of rotatable bonds is 5. The van der Waals surface area contributed by atoms with Gasteiger partial charge in [0, 0.05) is 43.7 Å². The Morgan fingerprint density at radius 3 is 2.37 bits per heavy atom. The molecule has 1 aliphatic rings. The van der Waals surface area contributed by atoms with Crippen LogP contribution in [0.5, 0.6) is 0 Å². The summed E-state index contributed by atoms with van der Waals surface area (Å²) >= 11 is 12.3. The molecule has 0 atom stereocenters. The van der Waals surface area contributed by atoms with Gasteiger partial charge in [0.25, 0.3) is 5.91 Å². The smallest absolute Gasteiger partial charge is 0.254 e. The Kier molecular flexibility index (Phi) is 7.14. The van der Waals surface area contributed by atoms with Gasteiger partial charge in [-0.25, -0.2) is 4.98 Å². The van der Waals surface area contributed by atoms with Gasteiger partial charge in [-0.05, 0) is 29.8 Å². The van der Waals surface area contributed by atoms with Crippen molar-refractivity contribution < 1.29 is 4.79 Å². The largest absolute Gasteiger partial charge is 0.336 e. The average molecular weight is 502 g/mol. The second-order valence-corrected chi connectivity index (χ2v) is 9.42. The van der Waals surface area contributed by atoms with Crippen LogP contribution in [0.3, 0.4) is 0 Å². The molecule has 4 nitrogen and oxygen atoms in total. The number of para-hydroxylation sites is 1. The topological polar surface area (TPSA) is 36.4 Å². The van der Waals surface area contributed by atoms with Crippen molar-refractivity contribution in [3.8, 4) is 11.3 Å². The minimum Gasteiger partial charge on any atom is -0.336 e. The van der Waals surface area contributed by atoms with E-state index in [1.54, 1.807) is 12.1 Å². The molecule has 0 unspecified atom stereocenters. The predicted octanol–water partition coefficient (Wildman–Crippen LogP) is 6.68. The first-order chi connectivity index (χ1) is 17.1. The van der Waals surface area contributed by atoms with E-state index in [1.165, 1.54) is 5.56 Å². The Hall–Kier alpha value is -3.18. The molecular formula is C29H25Cl2N3O. The number of nitrogens with zero attached hydrogens (tertiary/aromatic N) is 3. The maximum atomic E-state index is 13.6.